The Hall–Kier alpha value is -1.11. The lowest BCUT2D eigenvalue weighted by atomic mass is 10.1. The molecule has 2 heterocycles. The van der Waals surface area contributed by atoms with Gasteiger partial charge in [-0.2, -0.15) is 8.42 Å². The Balaban J connectivity index is 1.83. The molecule has 108 valence electrons. The quantitative estimate of drug-likeness (QED) is 0.764. The molecule has 2 aliphatic heterocycles. The van der Waals surface area contributed by atoms with Crippen molar-refractivity contribution in [3.63, 3.8) is 0 Å². The summed E-state index contributed by atoms with van der Waals surface area (Å²) in [7, 11) is -3.52. The summed E-state index contributed by atoms with van der Waals surface area (Å²) >= 11 is 5.74. The molecular formula is C13H16ClN3O2S. The lowest BCUT2D eigenvalue weighted by Gasteiger charge is -2.35. The molecule has 0 N–H and O–H groups in total. The van der Waals surface area contributed by atoms with Crippen molar-refractivity contribution in [1.82, 2.24) is 9.80 Å². The molecular weight excluding hydrogens is 298 g/mol. The number of fused-ring (bicyclic) bond motifs is 1. The second-order valence-electron chi connectivity index (χ2n) is 4.90. The van der Waals surface area contributed by atoms with Crippen LogP contribution in [0, 0.1) is 0 Å². The molecule has 2 aliphatic rings. The number of sulfonamides is 1. The molecule has 1 aromatic rings. The van der Waals surface area contributed by atoms with E-state index in [1.54, 1.807) is 12.1 Å². The number of halogens is 1. The third-order valence-corrected chi connectivity index (χ3v) is 5.18. The van der Waals surface area contributed by atoms with Gasteiger partial charge in [0, 0.05) is 44.2 Å². The first kappa shape index (κ1) is 13.9. The van der Waals surface area contributed by atoms with Crippen molar-refractivity contribution in [3.05, 3.63) is 29.8 Å². The van der Waals surface area contributed by atoms with Gasteiger partial charge < -0.3 is 4.90 Å². The first-order chi connectivity index (χ1) is 9.62. The SMILES string of the molecule is O=S1(=O)N=C(N2CCN(CCCl)CC2)c2ccccc21. The third-order valence-electron chi connectivity index (χ3n) is 3.69. The number of nitrogens with zero attached hydrogens (tertiary/aromatic N) is 3. The Morgan fingerprint density at radius 1 is 1.15 bits per heavy atom. The van der Waals surface area contributed by atoms with Crippen LogP contribution in [0.25, 0.3) is 0 Å². The highest BCUT2D eigenvalue weighted by Gasteiger charge is 2.32. The van der Waals surface area contributed by atoms with Crippen LogP contribution in [0.1, 0.15) is 5.56 Å². The van der Waals surface area contributed by atoms with Crippen LogP contribution < -0.4 is 0 Å². The van der Waals surface area contributed by atoms with Crippen molar-refractivity contribution < 1.29 is 8.42 Å². The van der Waals surface area contributed by atoms with Crippen LogP contribution >= 0.6 is 11.6 Å². The van der Waals surface area contributed by atoms with Gasteiger partial charge in [-0.05, 0) is 12.1 Å². The highest BCUT2D eigenvalue weighted by atomic mass is 35.5. The van der Waals surface area contributed by atoms with Gasteiger partial charge in [0.25, 0.3) is 10.0 Å². The second-order valence-corrected chi connectivity index (χ2v) is 6.85. The zero-order valence-corrected chi connectivity index (χ0v) is 12.6. The zero-order valence-electron chi connectivity index (χ0n) is 11.0. The lowest BCUT2D eigenvalue weighted by Crippen LogP contribution is -2.49. The van der Waals surface area contributed by atoms with Crippen LogP contribution in [0.4, 0.5) is 0 Å². The lowest BCUT2D eigenvalue weighted by molar-refractivity contribution is 0.191. The van der Waals surface area contributed by atoms with Gasteiger partial charge in [0.2, 0.25) is 0 Å². The van der Waals surface area contributed by atoms with Gasteiger partial charge >= 0.3 is 0 Å². The first-order valence-electron chi connectivity index (χ1n) is 6.59. The molecule has 7 heteroatoms. The molecule has 3 rings (SSSR count). The van der Waals surface area contributed by atoms with E-state index in [9.17, 15) is 8.42 Å². The molecule has 1 aromatic carbocycles. The standard InChI is InChI=1S/C13H16ClN3O2S/c14-5-6-16-7-9-17(10-8-16)13-11-3-1-2-4-12(11)20(18,19)15-13/h1-4H,5-10H2. The van der Waals surface area contributed by atoms with Crippen LogP contribution in [0.2, 0.25) is 0 Å². The van der Waals surface area contributed by atoms with Crippen LogP contribution in [-0.2, 0) is 10.0 Å². The van der Waals surface area contributed by atoms with Gasteiger partial charge in [-0.1, -0.05) is 12.1 Å². The number of rotatable bonds is 2. The van der Waals surface area contributed by atoms with E-state index in [4.69, 9.17) is 11.6 Å². The molecule has 0 aromatic heterocycles. The van der Waals surface area contributed by atoms with Gasteiger partial charge in [0.1, 0.15) is 4.90 Å². The van der Waals surface area contributed by atoms with Crippen LogP contribution in [0.3, 0.4) is 0 Å². The summed E-state index contributed by atoms with van der Waals surface area (Å²) in [5.41, 5.74) is 0.721. The van der Waals surface area contributed by atoms with E-state index in [0.29, 0.717) is 16.6 Å². The summed E-state index contributed by atoms with van der Waals surface area (Å²) in [6.07, 6.45) is 0. The maximum absolute atomic E-state index is 12.0. The zero-order chi connectivity index (χ0) is 14.2. The van der Waals surface area contributed by atoms with Crippen molar-refractivity contribution in [1.29, 1.82) is 0 Å². The number of amidine groups is 1. The molecule has 1 fully saturated rings. The van der Waals surface area contributed by atoms with Gasteiger partial charge in [-0.15, -0.1) is 16.0 Å². The fraction of sp³-hybridized carbons (Fsp3) is 0.462. The maximum atomic E-state index is 12.0. The van der Waals surface area contributed by atoms with Crippen molar-refractivity contribution in [2.75, 3.05) is 38.6 Å². The number of alkyl halides is 1. The predicted molar refractivity (Wildman–Crippen MR) is 78.9 cm³/mol. The van der Waals surface area contributed by atoms with E-state index in [0.717, 1.165) is 38.3 Å². The van der Waals surface area contributed by atoms with E-state index in [-0.39, 0.29) is 0 Å². The van der Waals surface area contributed by atoms with E-state index in [2.05, 4.69) is 9.30 Å². The van der Waals surface area contributed by atoms with Crippen LogP contribution in [0.5, 0.6) is 0 Å². The highest BCUT2D eigenvalue weighted by molar-refractivity contribution is 7.90. The fourth-order valence-corrected chi connectivity index (χ4v) is 4.09. The molecule has 0 unspecified atom stereocenters. The smallest absolute Gasteiger partial charge is 0.285 e. The minimum Gasteiger partial charge on any atom is -0.353 e. The Kier molecular flexibility index (Phi) is 3.70. The summed E-state index contributed by atoms with van der Waals surface area (Å²) in [5, 5.41) is 0. The molecule has 1 saturated heterocycles. The summed E-state index contributed by atoms with van der Waals surface area (Å²) < 4.78 is 28.0. The monoisotopic (exact) mass is 313 g/mol. The van der Waals surface area contributed by atoms with Crippen LogP contribution in [-0.4, -0.2) is 62.7 Å². The molecule has 0 radical (unpaired) electrons. The predicted octanol–water partition coefficient (Wildman–Crippen LogP) is 0.992. The van der Waals surface area contributed by atoms with Gasteiger partial charge in [0.05, 0.1) is 0 Å². The number of hydrogen-bond donors (Lipinski definition) is 0. The minimum atomic E-state index is -3.52. The average molecular weight is 314 g/mol. The molecule has 20 heavy (non-hydrogen) atoms. The second kappa shape index (κ2) is 5.35. The van der Waals surface area contributed by atoms with Crippen molar-refractivity contribution in [3.8, 4) is 0 Å². The Labute approximate surface area is 123 Å². The Morgan fingerprint density at radius 3 is 2.55 bits per heavy atom. The molecule has 0 amide bonds. The van der Waals surface area contributed by atoms with Crippen molar-refractivity contribution >= 4 is 27.5 Å². The topological polar surface area (TPSA) is 53.0 Å². The van der Waals surface area contributed by atoms with Crippen LogP contribution in [0.15, 0.2) is 33.6 Å². The van der Waals surface area contributed by atoms with E-state index in [1.165, 1.54) is 0 Å². The fourth-order valence-electron chi connectivity index (χ4n) is 2.62. The Morgan fingerprint density at radius 2 is 1.85 bits per heavy atom. The largest absolute Gasteiger partial charge is 0.353 e. The molecule has 5 nitrogen and oxygen atoms in total. The molecule has 0 aliphatic carbocycles. The van der Waals surface area contributed by atoms with Gasteiger partial charge in [-0.25, -0.2) is 0 Å². The molecule has 0 bridgehead atoms. The summed E-state index contributed by atoms with van der Waals surface area (Å²) in [5.74, 6) is 1.21. The van der Waals surface area contributed by atoms with Gasteiger partial charge in [0.15, 0.2) is 5.84 Å². The third kappa shape index (κ3) is 2.43. The maximum Gasteiger partial charge on any atom is 0.285 e. The van der Waals surface area contributed by atoms with E-state index in [1.807, 2.05) is 17.0 Å². The number of benzene rings is 1. The Bertz CT molecular complexity index is 637. The summed E-state index contributed by atoms with van der Waals surface area (Å²) in [4.78, 5) is 4.64. The van der Waals surface area contributed by atoms with E-state index >= 15 is 0 Å². The van der Waals surface area contributed by atoms with Crippen molar-refractivity contribution in [2.45, 2.75) is 4.90 Å². The number of hydrogen-bond acceptors (Lipinski definition) is 4. The average Bonchev–Trinajstić information content (AvgIpc) is 2.73. The summed E-state index contributed by atoms with van der Waals surface area (Å²) in [6, 6.07) is 7.01. The minimum absolute atomic E-state index is 0.318. The summed E-state index contributed by atoms with van der Waals surface area (Å²) in [6.45, 7) is 4.19. The molecule has 0 spiro atoms. The normalized spacial score (nSPS) is 21.6. The van der Waals surface area contributed by atoms with Gasteiger partial charge in [-0.3, -0.25) is 4.90 Å². The highest BCUT2D eigenvalue weighted by Crippen LogP contribution is 2.27. The first-order valence-corrected chi connectivity index (χ1v) is 8.57. The van der Waals surface area contributed by atoms with E-state index < -0.39 is 10.0 Å². The molecule has 0 atom stereocenters. The number of piperazine rings is 1. The molecule has 0 saturated carbocycles. The van der Waals surface area contributed by atoms with Crippen molar-refractivity contribution in [2.24, 2.45) is 4.40 Å².